The lowest BCUT2D eigenvalue weighted by molar-refractivity contribution is -0.135. The lowest BCUT2D eigenvalue weighted by atomic mass is 9.92. The Morgan fingerprint density at radius 3 is 2.28 bits per heavy atom. The van der Waals surface area contributed by atoms with Crippen LogP contribution in [-0.4, -0.2) is 47.9 Å². The molecule has 0 unspecified atom stereocenters. The number of aryl methyl sites for hydroxylation is 2. The smallest absolute Gasteiger partial charge is 0.321 e. The summed E-state index contributed by atoms with van der Waals surface area (Å²) in [6.45, 7) is 6.17. The summed E-state index contributed by atoms with van der Waals surface area (Å²) in [4.78, 5) is 29.5. The number of amides is 3. The Kier molecular flexibility index (Phi) is 5.26. The van der Waals surface area contributed by atoms with Gasteiger partial charge >= 0.3 is 6.03 Å². The Morgan fingerprint density at radius 2 is 1.66 bits per heavy atom. The fourth-order valence-electron chi connectivity index (χ4n) is 3.98. The van der Waals surface area contributed by atoms with E-state index in [0.29, 0.717) is 36.9 Å². The third-order valence-electron chi connectivity index (χ3n) is 6.01. The van der Waals surface area contributed by atoms with Crippen LogP contribution in [0.5, 0.6) is 0 Å². The van der Waals surface area contributed by atoms with Gasteiger partial charge < -0.3 is 15.1 Å². The number of nitrogens with one attached hydrogen (secondary N) is 1. The summed E-state index contributed by atoms with van der Waals surface area (Å²) >= 11 is 6.14. The van der Waals surface area contributed by atoms with Gasteiger partial charge in [0.1, 0.15) is 0 Å². The highest BCUT2D eigenvalue weighted by Crippen LogP contribution is 2.49. The molecule has 1 heterocycles. The second-order valence-corrected chi connectivity index (χ2v) is 8.53. The van der Waals surface area contributed by atoms with Crippen molar-refractivity contribution in [3.05, 3.63) is 64.2 Å². The van der Waals surface area contributed by atoms with Crippen molar-refractivity contribution in [2.24, 2.45) is 0 Å². The van der Waals surface area contributed by atoms with Crippen LogP contribution < -0.4 is 5.32 Å². The van der Waals surface area contributed by atoms with Crippen LogP contribution in [0.2, 0.25) is 5.02 Å². The number of rotatable bonds is 3. The molecule has 3 amide bonds. The quantitative estimate of drug-likeness (QED) is 0.815. The SMILES string of the molecule is Cc1cccc(C2(C(=O)N3CCN(C(=O)Nc4ccc(C)c(Cl)c4)CC3)CC2)c1. The molecule has 1 N–H and O–H groups in total. The predicted octanol–water partition coefficient (Wildman–Crippen LogP) is 4.36. The molecule has 1 saturated heterocycles. The molecule has 2 aromatic carbocycles. The summed E-state index contributed by atoms with van der Waals surface area (Å²) in [5.41, 5.74) is 3.60. The molecular formula is C23H26ClN3O2. The molecule has 0 aromatic heterocycles. The van der Waals surface area contributed by atoms with E-state index in [1.807, 2.05) is 30.0 Å². The number of nitrogens with zero attached hydrogens (tertiary/aromatic N) is 2. The normalized spacial score (nSPS) is 17.8. The van der Waals surface area contributed by atoms with Crippen molar-refractivity contribution in [2.45, 2.75) is 32.1 Å². The summed E-state index contributed by atoms with van der Waals surface area (Å²) in [6.07, 6.45) is 1.81. The van der Waals surface area contributed by atoms with Crippen molar-refractivity contribution in [1.29, 1.82) is 0 Å². The number of hydrogen-bond acceptors (Lipinski definition) is 2. The van der Waals surface area contributed by atoms with E-state index in [2.05, 4.69) is 30.4 Å². The van der Waals surface area contributed by atoms with Gasteiger partial charge in [-0.2, -0.15) is 0 Å². The van der Waals surface area contributed by atoms with Crippen LogP contribution >= 0.6 is 11.6 Å². The minimum absolute atomic E-state index is 0.156. The first-order valence-electron chi connectivity index (χ1n) is 10.1. The minimum Gasteiger partial charge on any atom is -0.338 e. The predicted molar refractivity (Wildman–Crippen MR) is 115 cm³/mol. The second-order valence-electron chi connectivity index (χ2n) is 8.12. The van der Waals surface area contributed by atoms with Gasteiger partial charge in [0.2, 0.25) is 5.91 Å². The summed E-state index contributed by atoms with van der Waals surface area (Å²) in [6, 6.07) is 13.6. The molecule has 0 radical (unpaired) electrons. The van der Waals surface area contributed by atoms with E-state index in [0.717, 1.165) is 24.0 Å². The van der Waals surface area contributed by atoms with E-state index in [9.17, 15) is 9.59 Å². The van der Waals surface area contributed by atoms with Crippen molar-refractivity contribution in [3.63, 3.8) is 0 Å². The van der Waals surface area contributed by atoms with Crippen LogP contribution in [-0.2, 0) is 10.2 Å². The van der Waals surface area contributed by atoms with Gasteiger partial charge in [0, 0.05) is 36.9 Å². The highest BCUT2D eigenvalue weighted by Gasteiger charge is 2.53. The zero-order chi connectivity index (χ0) is 20.6. The fraction of sp³-hybridized carbons (Fsp3) is 0.391. The van der Waals surface area contributed by atoms with Crippen LogP contribution in [0, 0.1) is 13.8 Å². The Morgan fingerprint density at radius 1 is 0.966 bits per heavy atom. The van der Waals surface area contributed by atoms with Crippen molar-refractivity contribution >= 4 is 29.2 Å². The molecule has 4 rings (SSSR count). The maximum atomic E-state index is 13.2. The summed E-state index contributed by atoms with van der Waals surface area (Å²) in [5, 5.41) is 3.53. The van der Waals surface area contributed by atoms with Gasteiger partial charge in [-0.05, 0) is 49.9 Å². The molecule has 6 heteroatoms. The number of carbonyl (C=O) groups excluding carboxylic acids is 2. The van der Waals surface area contributed by atoms with Crippen molar-refractivity contribution < 1.29 is 9.59 Å². The van der Waals surface area contributed by atoms with Crippen LogP contribution in [0.25, 0.3) is 0 Å². The van der Waals surface area contributed by atoms with Gasteiger partial charge in [-0.25, -0.2) is 4.79 Å². The average molecular weight is 412 g/mol. The highest BCUT2D eigenvalue weighted by molar-refractivity contribution is 6.31. The third-order valence-corrected chi connectivity index (χ3v) is 6.41. The lowest BCUT2D eigenvalue weighted by Crippen LogP contribution is -2.53. The van der Waals surface area contributed by atoms with Gasteiger partial charge in [0.15, 0.2) is 0 Å². The zero-order valence-corrected chi connectivity index (χ0v) is 17.6. The Balaban J connectivity index is 1.36. The van der Waals surface area contributed by atoms with E-state index in [1.54, 1.807) is 11.0 Å². The topological polar surface area (TPSA) is 52.7 Å². The number of hydrogen-bond donors (Lipinski definition) is 1. The average Bonchev–Trinajstić information content (AvgIpc) is 3.52. The number of benzene rings is 2. The fourth-order valence-corrected chi connectivity index (χ4v) is 4.16. The third kappa shape index (κ3) is 3.97. The molecule has 29 heavy (non-hydrogen) atoms. The highest BCUT2D eigenvalue weighted by atomic mass is 35.5. The number of halogens is 1. The molecule has 1 aliphatic carbocycles. The Labute approximate surface area is 176 Å². The number of piperazine rings is 1. The van der Waals surface area contributed by atoms with Crippen molar-refractivity contribution in [2.75, 3.05) is 31.5 Å². The molecule has 152 valence electrons. The van der Waals surface area contributed by atoms with Gasteiger partial charge in [-0.1, -0.05) is 47.5 Å². The number of anilines is 1. The zero-order valence-electron chi connectivity index (χ0n) is 16.9. The first-order valence-corrected chi connectivity index (χ1v) is 10.5. The maximum Gasteiger partial charge on any atom is 0.321 e. The molecule has 2 fully saturated rings. The van der Waals surface area contributed by atoms with Crippen molar-refractivity contribution in [1.82, 2.24) is 9.80 Å². The Bertz CT molecular complexity index is 947. The van der Waals surface area contributed by atoms with Gasteiger partial charge in [-0.3, -0.25) is 4.79 Å². The summed E-state index contributed by atoms with van der Waals surface area (Å²) in [5.74, 6) is 0.202. The van der Waals surface area contributed by atoms with E-state index >= 15 is 0 Å². The monoisotopic (exact) mass is 411 g/mol. The van der Waals surface area contributed by atoms with Crippen molar-refractivity contribution in [3.8, 4) is 0 Å². The van der Waals surface area contributed by atoms with Crippen LogP contribution in [0.15, 0.2) is 42.5 Å². The molecule has 0 atom stereocenters. The molecule has 0 spiro atoms. The summed E-state index contributed by atoms with van der Waals surface area (Å²) < 4.78 is 0. The molecule has 2 aromatic rings. The van der Waals surface area contributed by atoms with Crippen LogP contribution in [0.3, 0.4) is 0 Å². The minimum atomic E-state index is -0.352. The van der Waals surface area contributed by atoms with Gasteiger partial charge in [0.25, 0.3) is 0 Å². The number of carbonyl (C=O) groups is 2. The molecular weight excluding hydrogens is 386 g/mol. The van der Waals surface area contributed by atoms with E-state index in [1.165, 1.54) is 5.56 Å². The number of urea groups is 1. The molecule has 2 aliphatic rings. The first-order chi connectivity index (χ1) is 13.9. The molecule has 0 bridgehead atoms. The largest absolute Gasteiger partial charge is 0.338 e. The molecule has 1 aliphatic heterocycles. The van der Waals surface area contributed by atoms with E-state index < -0.39 is 0 Å². The van der Waals surface area contributed by atoms with Gasteiger partial charge in [0.05, 0.1) is 5.41 Å². The molecule has 1 saturated carbocycles. The van der Waals surface area contributed by atoms with E-state index in [-0.39, 0.29) is 17.4 Å². The standard InChI is InChI=1S/C23H26ClN3O2/c1-16-4-3-5-18(14-16)23(8-9-23)21(28)26-10-12-27(13-11-26)22(29)25-19-7-6-17(2)20(24)15-19/h3-7,14-15H,8-13H2,1-2H3,(H,25,29). The van der Waals surface area contributed by atoms with Crippen LogP contribution in [0.1, 0.15) is 29.5 Å². The molecule has 5 nitrogen and oxygen atoms in total. The summed E-state index contributed by atoms with van der Waals surface area (Å²) in [7, 11) is 0. The van der Waals surface area contributed by atoms with E-state index in [4.69, 9.17) is 11.6 Å². The second kappa shape index (κ2) is 7.71. The first kappa shape index (κ1) is 19.8. The maximum absolute atomic E-state index is 13.2. The Hall–Kier alpha value is -2.53. The van der Waals surface area contributed by atoms with Gasteiger partial charge in [-0.15, -0.1) is 0 Å². The van der Waals surface area contributed by atoms with Crippen LogP contribution in [0.4, 0.5) is 10.5 Å². The lowest BCUT2D eigenvalue weighted by Gasteiger charge is -2.36.